The van der Waals surface area contributed by atoms with Crippen LogP contribution >= 0.6 is 0 Å². The van der Waals surface area contributed by atoms with E-state index in [1.54, 1.807) is 4.31 Å². The molecule has 1 saturated heterocycles. The van der Waals surface area contributed by atoms with Gasteiger partial charge < -0.3 is 5.32 Å². The fourth-order valence-corrected chi connectivity index (χ4v) is 4.69. The number of piperidine rings is 1. The van der Waals surface area contributed by atoms with E-state index in [4.69, 9.17) is 0 Å². The summed E-state index contributed by atoms with van der Waals surface area (Å²) in [6.45, 7) is 8.71. The van der Waals surface area contributed by atoms with Gasteiger partial charge in [0.25, 0.3) is 10.2 Å². The fourth-order valence-electron chi connectivity index (χ4n) is 2.86. The standard InChI is InChI=1S/C14H29N3O2S/c1-4-8-15-11-12-7-5-6-9-17(12)20(18,19)16-13-10-14(13,2)3/h12-13,15-16H,4-11H2,1-3H3. The third-order valence-electron chi connectivity index (χ3n) is 4.49. The molecular weight excluding hydrogens is 274 g/mol. The van der Waals surface area contributed by atoms with Gasteiger partial charge >= 0.3 is 0 Å². The number of hydrogen-bond donors (Lipinski definition) is 2. The summed E-state index contributed by atoms with van der Waals surface area (Å²) in [5.41, 5.74) is 0.124. The van der Waals surface area contributed by atoms with Gasteiger partial charge in [0.15, 0.2) is 0 Å². The molecule has 2 aliphatic rings. The molecule has 2 N–H and O–H groups in total. The van der Waals surface area contributed by atoms with Crippen LogP contribution in [-0.2, 0) is 10.2 Å². The fraction of sp³-hybridized carbons (Fsp3) is 1.00. The predicted molar refractivity (Wildman–Crippen MR) is 81.7 cm³/mol. The van der Waals surface area contributed by atoms with Gasteiger partial charge in [-0.1, -0.05) is 27.2 Å². The Morgan fingerprint density at radius 3 is 2.60 bits per heavy atom. The van der Waals surface area contributed by atoms with Crippen LogP contribution in [0.25, 0.3) is 0 Å². The maximum absolute atomic E-state index is 12.6. The first-order chi connectivity index (χ1) is 9.37. The van der Waals surface area contributed by atoms with Gasteiger partial charge in [-0.3, -0.25) is 0 Å². The molecular formula is C14H29N3O2S. The summed E-state index contributed by atoms with van der Waals surface area (Å²) >= 11 is 0. The van der Waals surface area contributed by atoms with Crippen LogP contribution in [0.5, 0.6) is 0 Å². The molecule has 1 aliphatic carbocycles. The van der Waals surface area contributed by atoms with Crippen LogP contribution in [-0.4, -0.2) is 44.4 Å². The second-order valence-electron chi connectivity index (χ2n) is 6.83. The number of nitrogens with zero attached hydrogens (tertiary/aromatic N) is 1. The maximum atomic E-state index is 12.6. The Morgan fingerprint density at radius 2 is 2.00 bits per heavy atom. The molecule has 2 unspecified atom stereocenters. The topological polar surface area (TPSA) is 61.4 Å². The molecule has 0 amide bonds. The summed E-state index contributed by atoms with van der Waals surface area (Å²) < 4.78 is 29.7. The van der Waals surface area contributed by atoms with Crippen molar-refractivity contribution in [1.29, 1.82) is 0 Å². The van der Waals surface area contributed by atoms with Gasteiger partial charge in [0.05, 0.1) is 0 Å². The number of nitrogens with one attached hydrogen (secondary N) is 2. The smallest absolute Gasteiger partial charge is 0.280 e. The zero-order valence-corrected chi connectivity index (χ0v) is 13.8. The Kier molecular flexibility index (Phi) is 5.10. The molecule has 0 bridgehead atoms. The van der Waals surface area contributed by atoms with Crippen molar-refractivity contribution in [2.75, 3.05) is 19.6 Å². The van der Waals surface area contributed by atoms with Gasteiger partial charge in [0.1, 0.15) is 0 Å². The van der Waals surface area contributed by atoms with E-state index in [0.717, 1.165) is 45.2 Å². The monoisotopic (exact) mass is 303 g/mol. The highest BCUT2D eigenvalue weighted by atomic mass is 32.2. The molecule has 0 radical (unpaired) electrons. The second kappa shape index (κ2) is 6.30. The summed E-state index contributed by atoms with van der Waals surface area (Å²) in [6, 6.07) is 0.216. The first-order valence-corrected chi connectivity index (χ1v) is 9.30. The van der Waals surface area contributed by atoms with Crippen LogP contribution in [0.2, 0.25) is 0 Å². The van der Waals surface area contributed by atoms with Crippen LogP contribution in [0.4, 0.5) is 0 Å². The highest BCUT2D eigenvalue weighted by Gasteiger charge is 2.49. The zero-order chi connectivity index (χ0) is 14.8. The largest absolute Gasteiger partial charge is 0.315 e. The molecule has 2 rings (SSSR count). The lowest BCUT2D eigenvalue weighted by atomic mass is 10.1. The van der Waals surface area contributed by atoms with Gasteiger partial charge in [-0.2, -0.15) is 17.4 Å². The summed E-state index contributed by atoms with van der Waals surface area (Å²) in [5.74, 6) is 0. The lowest BCUT2D eigenvalue weighted by Gasteiger charge is -2.35. The highest BCUT2D eigenvalue weighted by molar-refractivity contribution is 7.87. The van der Waals surface area contributed by atoms with Crippen molar-refractivity contribution >= 4 is 10.2 Å². The lowest BCUT2D eigenvalue weighted by molar-refractivity contribution is 0.242. The summed E-state index contributed by atoms with van der Waals surface area (Å²) in [6.07, 6.45) is 5.08. The molecule has 1 aliphatic heterocycles. The minimum absolute atomic E-state index is 0.106. The van der Waals surface area contributed by atoms with Crippen LogP contribution in [0.1, 0.15) is 52.9 Å². The van der Waals surface area contributed by atoms with Gasteiger partial charge in [-0.05, 0) is 37.6 Å². The van der Waals surface area contributed by atoms with Crippen molar-refractivity contribution < 1.29 is 8.42 Å². The molecule has 2 fully saturated rings. The molecule has 20 heavy (non-hydrogen) atoms. The van der Waals surface area contributed by atoms with E-state index >= 15 is 0 Å². The van der Waals surface area contributed by atoms with Crippen LogP contribution < -0.4 is 10.0 Å². The summed E-state index contributed by atoms with van der Waals surface area (Å²) in [5, 5.41) is 3.36. The first kappa shape index (κ1) is 16.2. The minimum atomic E-state index is -3.33. The van der Waals surface area contributed by atoms with Crippen LogP contribution in [0, 0.1) is 5.41 Å². The molecule has 0 aromatic heterocycles. The molecule has 0 aromatic rings. The third-order valence-corrected chi connectivity index (χ3v) is 6.17. The Bertz CT molecular complexity index is 422. The first-order valence-electron chi connectivity index (χ1n) is 7.86. The Hall–Kier alpha value is -0.170. The zero-order valence-electron chi connectivity index (χ0n) is 13.0. The van der Waals surface area contributed by atoms with Gasteiger partial charge in [-0.25, -0.2) is 0 Å². The van der Waals surface area contributed by atoms with Crippen molar-refractivity contribution in [3.63, 3.8) is 0 Å². The van der Waals surface area contributed by atoms with E-state index < -0.39 is 10.2 Å². The minimum Gasteiger partial charge on any atom is -0.315 e. The van der Waals surface area contributed by atoms with Gasteiger partial charge in [-0.15, -0.1) is 0 Å². The summed E-state index contributed by atoms with van der Waals surface area (Å²) in [7, 11) is -3.33. The van der Waals surface area contributed by atoms with Crippen LogP contribution in [0.3, 0.4) is 0 Å². The Morgan fingerprint density at radius 1 is 1.30 bits per heavy atom. The second-order valence-corrected chi connectivity index (χ2v) is 8.49. The van der Waals surface area contributed by atoms with E-state index in [1.165, 1.54) is 0 Å². The quantitative estimate of drug-likeness (QED) is 0.700. The number of hydrogen-bond acceptors (Lipinski definition) is 3. The number of rotatable bonds is 7. The van der Waals surface area contributed by atoms with E-state index in [-0.39, 0.29) is 17.5 Å². The van der Waals surface area contributed by atoms with Crippen molar-refractivity contribution in [1.82, 2.24) is 14.3 Å². The molecule has 0 spiro atoms. The van der Waals surface area contributed by atoms with E-state index in [2.05, 4.69) is 30.8 Å². The molecule has 1 heterocycles. The molecule has 1 saturated carbocycles. The molecule has 0 aromatic carbocycles. The van der Waals surface area contributed by atoms with E-state index in [0.29, 0.717) is 6.54 Å². The molecule has 2 atom stereocenters. The third kappa shape index (κ3) is 3.93. The van der Waals surface area contributed by atoms with Crippen molar-refractivity contribution in [2.45, 2.75) is 65.0 Å². The highest BCUT2D eigenvalue weighted by Crippen LogP contribution is 2.45. The van der Waals surface area contributed by atoms with Crippen molar-refractivity contribution in [2.24, 2.45) is 5.41 Å². The van der Waals surface area contributed by atoms with E-state index in [9.17, 15) is 8.42 Å². The van der Waals surface area contributed by atoms with E-state index in [1.807, 2.05) is 0 Å². The molecule has 118 valence electrons. The normalized spacial score (nSPS) is 30.4. The average molecular weight is 303 g/mol. The van der Waals surface area contributed by atoms with Gasteiger partial charge in [0.2, 0.25) is 0 Å². The van der Waals surface area contributed by atoms with Crippen LogP contribution in [0.15, 0.2) is 0 Å². The Labute approximate surface area is 123 Å². The lowest BCUT2D eigenvalue weighted by Crippen LogP contribution is -2.53. The molecule has 5 nitrogen and oxygen atoms in total. The summed E-state index contributed by atoms with van der Waals surface area (Å²) in [4.78, 5) is 0. The Balaban J connectivity index is 1.95. The van der Waals surface area contributed by atoms with Crippen molar-refractivity contribution in [3.05, 3.63) is 0 Å². The van der Waals surface area contributed by atoms with Gasteiger partial charge in [0, 0.05) is 25.2 Å². The maximum Gasteiger partial charge on any atom is 0.280 e. The van der Waals surface area contributed by atoms with Crippen molar-refractivity contribution in [3.8, 4) is 0 Å². The SMILES string of the molecule is CCCNCC1CCCCN1S(=O)(=O)NC1CC1(C)C. The molecule has 6 heteroatoms. The average Bonchev–Trinajstić information content (AvgIpc) is 2.96. The predicted octanol–water partition coefficient (Wildman–Crippen LogP) is 1.47.